The average Bonchev–Trinajstić information content (AvgIpc) is 3.03. The maximum Gasteiger partial charge on any atom is 0.252 e. The molecule has 1 aromatic heterocycles. The van der Waals surface area contributed by atoms with E-state index in [1.807, 2.05) is 48.5 Å². The molecule has 0 bridgehead atoms. The molecule has 0 saturated carbocycles. The molecule has 1 heterocycles. The highest BCUT2D eigenvalue weighted by Gasteiger charge is 2.32. The molecule has 1 rings (SSSR count). The van der Waals surface area contributed by atoms with Crippen LogP contribution in [0.15, 0.2) is 24.5 Å². The van der Waals surface area contributed by atoms with Crippen molar-refractivity contribution in [1.82, 2.24) is 36.9 Å². The van der Waals surface area contributed by atoms with E-state index in [9.17, 15) is 29.1 Å². The molecule has 1 unspecified atom stereocenters. The van der Waals surface area contributed by atoms with Gasteiger partial charge in [0.2, 0.25) is 23.6 Å². The summed E-state index contributed by atoms with van der Waals surface area (Å²) in [6, 6.07) is -0.485. The highest BCUT2D eigenvalue weighted by molar-refractivity contribution is 5.98. The zero-order valence-corrected chi connectivity index (χ0v) is 29.5. The maximum atomic E-state index is 13.6. The lowest BCUT2D eigenvalue weighted by Crippen LogP contribution is -2.58. The van der Waals surface area contributed by atoms with Crippen molar-refractivity contribution in [1.29, 1.82) is 0 Å². The van der Waals surface area contributed by atoms with E-state index < -0.39 is 47.9 Å². The van der Waals surface area contributed by atoms with Crippen LogP contribution < -0.4 is 31.9 Å². The van der Waals surface area contributed by atoms with E-state index in [0.717, 1.165) is 0 Å². The zero-order valence-electron chi connectivity index (χ0n) is 29.5. The van der Waals surface area contributed by atoms with Crippen molar-refractivity contribution in [3.8, 4) is 0 Å². The SMILES string of the molecule is CCCC(NC(=O)[C@@H](NC(=O)c1ccncc1)[C@@H](C)CC)C(=O)N[C@H](CN[C@@H](CCO)C(=O)N[C@H](C(=O)NCC)C(C)C)CC(C)C. The summed E-state index contributed by atoms with van der Waals surface area (Å²) in [6.07, 6.45) is 5.36. The molecule has 0 fully saturated rings. The van der Waals surface area contributed by atoms with Crippen LogP contribution in [0.25, 0.3) is 0 Å². The number of hydrogen-bond donors (Lipinski definition) is 7. The molecule has 0 aliphatic heterocycles. The molecule has 0 aromatic carbocycles. The van der Waals surface area contributed by atoms with Crippen LogP contribution in [0.5, 0.6) is 0 Å². The summed E-state index contributed by atoms with van der Waals surface area (Å²) in [5, 5.41) is 27.1. The number of likely N-dealkylation sites (N-methyl/N-ethyl adjacent to an activating group) is 1. The van der Waals surface area contributed by atoms with Gasteiger partial charge in [-0.3, -0.25) is 29.0 Å². The van der Waals surface area contributed by atoms with Gasteiger partial charge in [0.25, 0.3) is 5.91 Å². The third-order valence-electron chi connectivity index (χ3n) is 7.98. The number of amides is 5. The third kappa shape index (κ3) is 14.8. The second kappa shape index (κ2) is 22.1. The van der Waals surface area contributed by atoms with Crippen molar-refractivity contribution in [2.24, 2.45) is 17.8 Å². The van der Waals surface area contributed by atoms with Crippen LogP contribution in [-0.4, -0.2) is 89.5 Å². The quantitative estimate of drug-likeness (QED) is 0.0976. The largest absolute Gasteiger partial charge is 0.396 e. The number of carbonyl (C=O) groups is 5. The van der Waals surface area contributed by atoms with E-state index in [0.29, 0.717) is 37.8 Å². The Morgan fingerprint density at radius 1 is 0.766 bits per heavy atom. The van der Waals surface area contributed by atoms with Crippen LogP contribution in [0.4, 0.5) is 0 Å². The second-order valence-corrected chi connectivity index (χ2v) is 12.9. The highest BCUT2D eigenvalue weighted by atomic mass is 16.3. The molecule has 0 aliphatic carbocycles. The first-order valence-electron chi connectivity index (χ1n) is 17.0. The van der Waals surface area contributed by atoms with E-state index in [2.05, 4.69) is 36.9 Å². The van der Waals surface area contributed by atoms with Crippen molar-refractivity contribution in [3.63, 3.8) is 0 Å². The zero-order chi connectivity index (χ0) is 35.5. The van der Waals surface area contributed by atoms with Crippen molar-refractivity contribution < 1.29 is 29.1 Å². The second-order valence-electron chi connectivity index (χ2n) is 12.9. The Balaban J connectivity index is 3.05. The molecule has 0 radical (unpaired) electrons. The van der Waals surface area contributed by atoms with Crippen LogP contribution in [0.3, 0.4) is 0 Å². The lowest BCUT2D eigenvalue weighted by molar-refractivity contribution is -0.131. The summed E-state index contributed by atoms with van der Waals surface area (Å²) >= 11 is 0. The number of aliphatic hydroxyl groups is 1. The predicted octanol–water partition coefficient (Wildman–Crippen LogP) is 1.66. The fourth-order valence-electron chi connectivity index (χ4n) is 5.13. The van der Waals surface area contributed by atoms with Gasteiger partial charge in [0.15, 0.2) is 0 Å². The number of pyridine rings is 1. The van der Waals surface area contributed by atoms with Crippen molar-refractivity contribution >= 4 is 29.5 Å². The molecular formula is C34H59N7O6. The number of carbonyl (C=O) groups excluding carboxylic acids is 5. The predicted molar refractivity (Wildman–Crippen MR) is 182 cm³/mol. The molecule has 6 atom stereocenters. The highest BCUT2D eigenvalue weighted by Crippen LogP contribution is 2.12. The monoisotopic (exact) mass is 661 g/mol. The standard InChI is InChI=1S/C34H59N7O6/c1-9-12-27(39-34(47)29(23(8)10-2)41-30(43)24-13-16-35-17-14-24)32(45)38-25(19-21(4)5)20-37-26(15-18-42)31(44)40-28(22(6)7)33(46)36-11-3/h13-14,16-17,21-23,25-29,37,42H,9-12,15,18-20H2,1-8H3,(H,36,46)(H,38,45)(H,39,47)(H,40,44)(H,41,43)/t23-,25-,26-,27?,28-,29-/m0/s1. The minimum atomic E-state index is -0.854. The van der Waals surface area contributed by atoms with Gasteiger partial charge >= 0.3 is 0 Å². The van der Waals surface area contributed by atoms with Gasteiger partial charge in [-0.15, -0.1) is 0 Å². The fraction of sp³-hybridized carbons (Fsp3) is 0.706. The van der Waals surface area contributed by atoms with Crippen LogP contribution in [0.2, 0.25) is 0 Å². The van der Waals surface area contributed by atoms with Gasteiger partial charge in [0, 0.05) is 43.7 Å². The molecule has 13 nitrogen and oxygen atoms in total. The van der Waals surface area contributed by atoms with E-state index in [1.54, 1.807) is 19.1 Å². The first-order chi connectivity index (χ1) is 22.3. The topological polar surface area (TPSA) is 191 Å². The third-order valence-corrected chi connectivity index (χ3v) is 7.98. The Hall–Kier alpha value is -3.58. The van der Waals surface area contributed by atoms with E-state index >= 15 is 0 Å². The fourth-order valence-corrected chi connectivity index (χ4v) is 5.13. The van der Waals surface area contributed by atoms with E-state index in [1.165, 1.54) is 12.4 Å². The van der Waals surface area contributed by atoms with E-state index in [-0.39, 0.29) is 49.1 Å². The number of rotatable bonds is 22. The number of aromatic nitrogens is 1. The summed E-state index contributed by atoms with van der Waals surface area (Å²) in [5.74, 6) is -2.05. The summed E-state index contributed by atoms with van der Waals surface area (Å²) < 4.78 is 0. The minimum Gasteiger partial charge on any atom is -0.396 e. The van der Waals surface area contributed by atoms with Gasteiger partial charge in [0.1, 0.15) is 18.1 Å². The number of nitrogens with zero attached hydrogens (tertiary/aromatic N) is 1. The van der Waals surface area contributed by atoms with Gasteiger partial charge in [-0.1, -0.05) is 61.3 Å². The summed E-state index contributed by atoms with van der Waals surface area (Å²) in [5.41, 5.74) is 0.380. The number of hydrogen-bond acceptors (Lipinski definition) is 8. The van der Waals surface area contributed by atoms with Crippen LogP contribution in [-0.2, 0) is 19.2 Å². The molecule has 7 N–H and O–H groups in total. The van der Waals surface area contributed by atoms with Gasteiger partial charge in [0.05, 0.1) is 6.04 Å². The molecule has 0 aliphatic rings. The molecule has 13 heteroatoms. The van der Waals surface area contributed by atoms with Gasteiger partial charge in [-0.05, 0) is 56.1 Å². The van der Waals surface area contributed by atoms with Crippen molar-refractivity contribution in [2.45, 2.75) is 118 Å². The lowest BCUT2D eigenvalue weighted by Gasteiger charge is -2.29. The minimum absolute atomic E-state index is 0.116. The molecule has 47 heavy (non-hydrogen) atoms. The maximum absolute atomic E-state index is 13.6. The van der Waals surface area contributed by atoms with Crippen LogP contribution in [0, 0.1) is 17.8 Å². The molecular weight excluding hydrogens is 602 g/mol. The first kappa shape index (κ1) is 41.4. The Bertz CT molecular complexity index is 1120. The normalized spacial score (nSPS) is 15.1. The molecule has 0 saturated heterocycles. The molecule has 0 spiro atoms. The Morgan fingerprint density at radius 3 is 1.94 bits per heavy atom. The van der Waals surface area contributed by atoms with Gasteiger partial charge in [-0.25, -0.2) is 0 Å². The van der Waals surface area contributed by atoms with Crippen molar-refractivity contribution in [2.75, 3.05) is 19.7 Å². The first-order valence-corrected chi connectivity index (χ1v) is 17.0. The summed E-state index contributed by atoms with van der Waals surface area (Å²) in [4.78, 5) is 69.7. The molecule has 1 aromatic rings. The Morgan fingerprint density at radius 2 is 1.40 bits per heavy atom. The van der Waals surface area contributed by atoms with Gasteiger partial charge < -0.3 is 37.0 Å². The van der Waals surface area contributed by atoms with Crippen molar-refractivity contribution in [3.05, 3.63) is 30.1 Å². The Labute approximate surface area is 280 Å². The van der Waals surface area contributed by atoms with E-state index in [4.69, 9.17) is 0 Å². The molecule has 5 amide bonds. The smallest absolute Gasteiger partial charge is 0.252 e. The summed E-state index contributed by atoms with van der Waals surface area (Å²) in [6.45, 7) is 15.6. The lowest BCUT2D eigenvalue weighted by atomic mass is 9.97. The average molecular weight is 662 g/mol. The van der Waals surface area contributed by atoms with Crippen LogP contribution >= 0.6 is 0 Å². The molecule has 266 valence electrons. The number of nitrogens with one attached hydrogen (secondary N) is 6. The summed E-state index contributed by atoms with van der Waals surface area (Å²) in [7, 11) is 0. The van der Waals surface area contributed by atoms with Gasteiger partial charge in [-0.2, -0.15) is 0 Å². The van der Waals surface area contributed by atoms with Crippen LogP contribution in [0.1, 0.15) is 97.9 Å². The number of aliphatic hydroxyl groups excluding tert-OH is 1. The Kier molecular flexibility index (Phi) is 19.5.